The average Bonchev–Trinajstić information content (AvgIpc) is 2.12. The maximum Gasteiger partial charge on any atom is 0.240 e. The third-order valence-corrected chi connectivity index (χ3v) is 1.65. The Hall–Kier alpha value is -0.0300. The molecule has 0 aromatic carbocycles. The molecule has 1 aliphatic rings. The van der Waals surface area contributed by atoms with Crippen molar-refractivity contribution in [2.24, 2.45) is 0 Å². The molecule has 1 atom stereocenters. The lowest BCUT2D eigenvalue weighted by molar-refractivity contribution is -0.124. The molecule has 1 fully saturated rings. The van der Waals surface area contributed by atoms with Crippen LogP contribution >= 0.6 is 27.7 Å². The van der Waals surface area contributed by atoms with E-state index in [9.17, 15) is 9.59 Å². The Morgan fingerprint density at radius 3 is 2.09 bits per heavy atom. The van der Waals surface area contributed by atoms with Crippen LogP contribution in [-0.2, 0) is 9.59 Å². The number of amides is 2. The van der Waals surface area contributed by atoms with Gasteiger partial charge in [-0.1, -0.05) is 15.9 Å². The summed E-state index contributed by atoms with van der Waals surface area (Å²) in [6.45, 7) is 0. The second-order valence-corrected chi connectivity index (χ2v) is 3.91. The van der Waals surface area contributed by atoms with Crippen LogP contribution in [0, 0.1) is 0 Å². The van der Waals surface area contributed by atoms with Crippen LogP contribution in [0.15, 0.2) is 0 Å². The van der Waals surface area contributed by atoms with Gasteiger partial charge in [-0.25, -0.2) is 0 Å². The number of imide groups is 1. The van der Waals surface area contributed by atoms with Crippen LogP contribution in [0.2, 0.25) is 0 Å². The van der Waals surface area contributed by atoms with Crippen molar-refractivity contribution < 1.29 is 9.59 Å². The first kappa shape index (κ1) is 11.0. The van der Waals surface area contributed by atoms with Gasteiger partial charge in [0.25, 0.3) is 0 Å². The van der Waals surface area contributed by atoms with Crippen LogP contribution < -0.4 is 5.32 Å². The number of carbonyl (C=O) groups is 2. The van der Waals surface area contributed by atoms with E-state index in [1.165, 1.54) is 0 Å². The SMILES string of the molecule is CSC.O=C1CC(Br)C(=O)N1. The van der Waals surface area contributed by atoms with Gasteiger partial charge in [0.15, 0.2) is 0 Å². The normalized spacial score (nSPS) is 22.3. The Labute approximate surface area is 78.4 Å². The standard InChI is InChI=1S/C4H4BrNO2.C2H6S/c5-2-1-3(7)6-4(2)8;1-3-2/h2H,1H2,(H,6,7,8);1-2H3. The summed E-state index contributed by atoms with van der Waals surface area (Å²) in [6.07, 6.45) is 4.36. The lowest BCUT2D eigenvalue weighted by Crippen LogP contribution is -2.21. The molecule has 0 radical (unpaired) electrons. The van der Waals surface area contributed by atoms with Crippen molar-refractivity contribution in [3.63, 3.8) is 0 Å². The lowest BCUT2D eigenvalue weighted by atomic mass is 10.4. The van der Waals surface area contributed by atoms with Gasteiger partial charge < -0.3 is 0 Å². The van der Waals surface area contributed by atoms with Gasteiger partial charge in [0, 0.05) is 6.42 Å². The topological polar surface area (TPSA) is 46.2 Å². The molecule has 1 aliphatic heterocycles. The van der Waals surface area contributed by atoms with Crippen molar-refractivity contribution in [2.75, 3.05) is 12.5 Å². The highest BCUT2D eigenvalue weighted by molar-refractivity contribution is 9.10. The van der Waals surface area contributed by atoms with E-state index in [1.54, 1.807) is 11.8 Å². The van der Waals surface area contributed by atoms with Crippen molar-refractivity contribution in [3.05, 3.63) is 0 Å². The molecule has 1 rings (SSSR count). The summed E-state index contributed by atoms with van der Waals surface area (Å²) in [5.41, 5.74) is 0. The predicted molar refractivity (Wildman–Crippen MR) is 49.9 cm³/mol. The molecule has 0 aliphatic carbocycles. The number of thioether (sulfide) groups is 1. The fourth-order valence-electron chi connectivity index (χ4n) is 0.522. The van der Waals surface area contributed by atoms with E-state index >= 15 is 0 Å². The average molecular weight is 240 g/mol. The Morgan fingerprint density at radius 1 is 1.55 bits per heavy atom. The van der Waals surface area contributed by atoms with Crippen molar-refractivity contribution >= 4 is 39.5 Å². The first-order valence-corrected chi connectivity index (χ1v) is 5.54. The van der Waals surface area contributed by atoms with Crippen LogP contribution in [-0.4, -0.2) is 29.2 Å². The second kappa shape index (κ2) is 5.60. The predicted octanol–water partition coefficient (Wildman–Crippen LogP) is 0.776. The van der Waals surface area contributed by atoms with E-state index in [0.717, 1.165) is 0 Å². The van der Waals surface area contributed by atoms with E-state index in [4.69, 9.17) is 0 Å². The Kier molecular flexibility index (Phi) is 5.58. The summed E-state index contributed by atoms with van der Waals surface area (Å²) in [5.74, 6) is -0.424. The van der Waals surface area contributed by atoms with Crippen LogP contribution in [0.3, 0.4) is 0 Å². The molecular formula is C6H10BrNO2S. The fourth-order valence-corrected chi connectivity index (χ4v) is 0.931. The third-order valence-electron chi connectivity index (χ3n) is 0.912. The lowest BCUT2D eigenvalue weighted by Gasteiger charge is -1.86. The molecule has 2 amide bonds. The molecule has 1 unspecified atom stereocenters. The molecule has 1 N–H and O–H groups in total. The fraction of sp³-hybridized carbons (Fsp3) is 0.667. The van der Waals surface area contributed by atoms with Gasteiger partial charge in [-0.2, -0.15) is 11.8 Å². The van der Waals surface area contributed by atoms with Crippen LogP contribution in [0.25, 0.3) is 0 Å². The molecule has 0 saturated carbocycles. The smallest absolute Gasteiger partial charge is 0.240 e. The summed E-state index contributed by atoms with van der Waals surface area (Å²) < 4.78 is 0. The van der Waals surface area contributed by atoms with E-state index in [-0.39, 0.29) is 23.1 Å². The van der Waals surface area contributed by atoms with Gasteiger partial charge in [0.2, 0.25) is 11.8 Å². The molecule has 3 nitrogen and oxygen atoms in total. The molecule has 0 spiro atoms. The molecule has 11 heavy (non-hydrogen) atoms. The van der Waals surface area contributed by atoms with Gasteiger partial charge >= 0.3 is 0 Å². The number of hydrogen-bond donors (Lipinski definition) is 1. The zero-order valence-electron chi connectivity index (χ0n) is 6.39. The largest absolute Gasteiger partial charge is 0.295 e. The number of carbonyl (C=O) groups excluding carboxylic acids is 2. The number of alkyl halides is 1. The quantitative estimate of drug-likeness (QED) is 0.502. The van der Waals surface area contributed by atoms with Crippen LogP contribution in [0.1, 0.15) is 6.42 Å². The highest BCUT2D eigenvalue weighted by Gasteiger charge is 2.27. The summed E-state index contributed by atoms with van der Waals surface area (Å²) in [4.78, 5) is 20.4. The Morgan fingerprint density at radius 2 is 2.00 bits per heavy atom. The van der Waals surface area contributed by atoms with Gasteiger partial charge in [0.1, 0.15) is 4.83 Å². The highest BCUT2D eigenvalue weighted by atomic mass is 79.9. The first-order valence-electron chi connectivity index (χ1n) is 2.99. The Balaban J connectivity index is 0.000000292. The van der Waals surface area contributed by atoms with E-state index < -0.39 is 0 Å². The summed E-state index contributed by atoms with van der Waals surface area (Å²) in [6, 6.07) is 0. The molecule has 1 heterocycles. The summed E-state index contributed by atoms with van der Waals surface area (Å²) >= 11 is 4.76. The maximum absolute atomic E-state index is 10.4. The van der Waals surface area contributed by atoms with Crippen molar-refractivity contribution in [2.45, 2.75) is 11.2 Å². The van der Waals surface area contributed by atoms with E-state index in [0.29, 0.717) is 0 Å². The minimum atomic E-state index is -0.296. The number of hydrogen-bond acceptors (Lipinski definition) is 3. The monoisotopic (exact) mass is 239 g/mol. The van der Waals surface area contributed by atoms with Crippen molar-refractivity contribution in [1.82, 2.24) is 5.32 Å². The summed E-state index contributed by atoms with van der Waals surface area (Å²) in [7, 11) is 0. The zero-order valence-corrected chi connectivity index (χ0v) is 8.79. The summed E-state index contributed by atoms with van der Waals surface area (Å²) in [5, 5.41) is 2.14. The van der Waals surface area contributed by atoms with Gasteiger partial charge in [-0.15, -0.1) is 0 Å². The molecule has 1 saturated heterocycles. The molecular weight excluding hydrogens is 230 g/mol. The minimum absolute atomic E-state index is 0.197. The number of nitrogens with one attached hydrogen (secondary N) is 1. The van der Waals surface area contributed by atoms with Gasteiger partial charge in [0.05, 0.1) is 0 Å². The minimum Gasteiger partial charge on any atom is -0.295 e. The number of halogens is 1. The van der Waals surface area contributed by atoms with Crippen molar-refractivity contribution in [3.8, 4) is 0 Å². The highest BCUT2D eigenvalue weighted by Crippen LogP contribution is 2.10. The van der Waals surface area contributed by atoms with Gasteiger partial charge in [-0.05, 0) is 12.5 Å². The van der Waals surface area contributed by atoms with E-state index in [1.807, 2.05) is 12.5 Å². The maximum atomic E-state index is 10.4. The van der Waals surface area contributed by atoms with Crippen LogP contribution in [0.5, 0.6) is 0 Å². The molecule has 5 heteroatoms. The van der Waals surface area contributed by atoms with E-state index in [2.05, 4.69) is 21.2 Å². The second-order valence-electron chi connectivity index (χ2n) is 1.99. The Bertz CT molecular complexity index is 163. The molecule has 64 valence electrons. The number of rotatable bonds is 0. The van der Waals surface area contributed by atoms with Crippen LogP contribution in [0.4, 0.5) is 0 Å². The molecule has 0 aromatic rings. The first-order chi connectivity index (χ1) is 5.11. The molecule has 0 bridgehead atoms. The van der Waals surface area contributed by atoms with Crippen molar-refractivity contribution in [1.29, 1.82) is 0 Å². The molecule has 0 aromatic heterocycles. The zero-order chi connectivity index (χ0) is 8.85. The third kappa shape index (κ3) is 4.42. The van der Waals surface area contributed by atoms with Gasteiger partial charge in [-0.3, -0.25) is 14.9 Å².